The quantitative estimate of drug-likeness (QED) is 0.402. The molecule has 0 spiro atoms. The number of fused-ring (bicyclic) bond motifs is 1. The molecule has 0 fully saturated rings. The fourth-order valence-electron chi connectivity index (χ4n) is 2.79. The molecule has 3 rings (SSSR count). The van der Waals surface area contributed by atoms with Crippen molar-refractivity contribution >= 4 is 18.0 Å². The van der Waals surface area contributed by atoms with Crippen LogP contribution in [0.4, 0.5) is 0 Å². The number of hydrogen-bond donors (Lipinski definition) is 2. The van der Waals surface area contributed by atoms with Gasteiger partial charge in [-0.2, -0.15) is 5.10 Å². The van der Waals surface area contributed by atoms with Crippen LogP contribution in [0.3, 0.4) is 0 Å². The van der Waals surface area contributed by atoms with Gasteiger partial charge in [-0.3, -0.25) is 9.59 Å². The van der Waals surface area contributed by atoms with Crippen LogP contribution >= 0.6 is 0 Å². The average Bonchev–Trinajstić information content (AvgIpc) is 2.78. The van der Waals surface area contributed by atoms with Crippen LogP contribution < -0.4 is 29.7 Å². The van der Waals surface area contributed by atoms with Crippen LogP contribution in [-0.2, 0) is 16.0 Å². The topological polar surface area (TPSA) is 107 Å². The molecule has 0 unspecified atom stereocenters. The molecule has 158 valence electrons. The number of nitrogens with zero attached hydrogens (tertiary/aromatic N) is 1. The van der Waals surface area contributed by atoms with E-state index in [0.29, 0.717) is 48.2 Å². The minimum atomic E-state index is -0.851. The average molecular weight is 413 g/mol. The molecule has 30 heavy (non-hydrogen) atoms. The Kier molecular flexibility index (Phi) is 7.09. The van der Waals surface area contributed by atoms with E-state index in [0.717, 1.165) is 5.56 Å². The molecule has 0 atom stereocenters. The minimum absolute atomic E-state index is 0.285. The summed E-state index contributed by atoms with van der Waals surface area (Å²) in [5, 5.41) is 6.36. The Morgan fingerprint density at radius 3 is 2.53 bits per heavy atom. The first-order chi connectivity index (χ1) is 14.6. The molecule has 1 aliphatic heterocycles. The van der Waals surface area contributed by atoms with Gasteiger partial charge in [0.1, 0.15) is 13.2 Å². The standard InChI is InChI=1S/C21H23N3O6/c1-27-16-5-3-14(11-18(16)28-2)7-8-22-20(25)21(26)24-23-13-15-4-6-17-19(12-15)30-10-9-29-17/h3-6,11-13H,7-10H2,1-2H3,(H,22,25)(H,24,26)/b23-13-. The second kappa shape index (κ2) is 10.1. The van der Waals surface area contributed by atoms with Crippen molar-refractivity contribution in [2.24, 2.45) is 5.10 Å². The summed E-state index contributed by atoms with van der Waals surface area (Å²) >= 11 is 0. The highest BCUT2D eigenvalue weighted by atomic mass is 16.6. The van der Waals surface area contributed by atoms with Crippen LogP contribution in [0.15, 0.2) is 41.5 Å². The van der Waals surface area contributed by atoms with Gasteiger partial charge in [0.25, 0.3) is 0 Å². The zero-order valence-corrected chi connectivity index (χ0v) is 16.8. The van der Waals surface area contributed by atoms with Gasteiger partial charge < -0.3 is 24.3 Å². The van der Waals surface area contributed by atoms with Crippen molar-refractivity contribution in [3.05, 3.63) is 47.5 Å². The van der Waals surface area contributed by atoms with Gasteiger partial charge in [-0.1, -0.05) is 6.07 Å². The summed E-state index contributed by atoms with van der Waals surface area (Å²) in [6, 6.07) is 10.8. The zero-order valence-electron chi connectivity index (χ0n) is 16.8. The molecule has 0 bridgehead atoms. The van der Waals surface area contributed by atoms with E-state index in [1.165, 1.54) is 6.21 Å². The second-order valence-electron chi connectivity index (χ2n) is 6.30. The van der Waals surface area contributed by atoms with Gasteiger partial charge in [-0.05, 0) is 47.9 Å². The molecule has 2 N–H and O–H groups in total. The highest BCUT2D eigenvalue weighted by molar-refractivity contribution is 6.35. The Morgan fingerprint density at radius 2 is 1.77 bits per heavy atom. The first-order valence-electron chi connectivity index (χ1n) is 9.32. The number of hydrogen-bond acceptors (Lipinski definition) is 7. The Balaban J connectivity index is 1.45. The molecular weight excluding hydrogens is 390 g/mol. The first-order valence-corrected chi connectivity index (χ1v) is 9.32. The Labute approximate surface area is 174 Å². The predicted molar refractivity (Wildman–Crippen MR) is 109 cm³/mol. The minimum Gasteiger partial charge on any atom is -0.493 e. The maximum atomic E-state index is 11.9. The van der Waals surface area contributed by atoms with Crippen molar-refractivity contribution in [1.29, 1.82) is 0 Å². The van der Waals surface area contributed by atoms with E-state index in [1.807, 2.05) is 12.1 Å². The fraction of sp³-hybridized carbons (Fsp3) is 0.286. The Hall–Kier alpha value is -3.75. The van der Waals surface area contributed by atoms with Crippen molar-refractivity contribution in [3.8, 4) is 23.0 Å². The molecule has 9 heteroatoms. The maximum absolute atomic E-state index is 11.9. The number of carbonyl (C=O) groups excluding carboxylic acids is 2. The molecule has 0 saturated carbocycles. The van der Waals surface area contributed by atoms with Crippen molar-refractivity contribution in [2.45, 2.75) is 6.42 Å². The summed E-state index contributed by atoms with van der Waals surface area (Å²) in [4.78, 5) is 23.8. The summed E-state index contributed by atoms with van der Waals surface area (Å²) in [6.07, 6.45) is 1.95. The lowest BCUT2D eigenvalue weighted by molar-refractivity contribution is -0.139. The van der Waals surface area contributed by atoms with Crippen LogP contribution in [0.2, 0.25) is 0 Å². The molecular formula is C21H23N3O6. The van der Waals surface area contributed by atoms with Gasteiger partial charge in [0.15, 0.2) is 23.0 Å². The van der Waals surface area contributed by atoms with Crippen molar-refractivity contribution in [3.63, 3.8) is 0 Å². The highest BCUT2D eigenvalue weighted by Crippen LogP contribution is 2.30. The fourth-order valence-corrected chi connectivity index (χ4v) is 2.79. The van der Waals surface area contributed by atoms with Crippen LogP contribution in [-0.4, -0.2) is 52.0 Å². The predicted octanol–water partition coefficient (Wildman–Crippen LogP) is 1.28. The number of carbonyl (C=O) groups is 2. The number of benzene rings is 2. The van der Waals surface area contributed by atoms with E-state index in [4.69, 9.17) is 18.9 Å². The lowest BCUT2D eigenvalue weighted by atomic mass is 10.1. The van der Waals surface area contributed by atoms with Crippen LogP contribution in [0.1, 0.15) is 11.1 Å². The molecule has 0 radical (unpaired) electrons. The van der Waals surface area contributed by atoms with Crippen molar-refractivity contribution < 1.29 is 28.5 Å². The van der Waals surface area contributed by atoms with E-state index < -0.39 is 11.8 Å². The number of hydrazone groups is 1. The van der Waals surface area contributed by atoms with Gasteiger partial charge in [-0.25, -0.2) is 5.43 Å². The summed E-state index contributed by atoms with van der Waals surface area (Å²) in [6.45, 7) is 1.28. The maximum Gasteiger partial charge on any atom is 0.329 e. The molecule has 2 amide bonds. The molecule has 9 nitrogen and oxygen atoms in total. The van der Waals surface area contributed by atoms with Crippen LogP contribution in [0, 0.1) is 0 Å². The van der Waals surface area contributed by atoms with Crippen molar-refractivity contribution in [1.82, 2.24) is 10.7 Å². The number of ether oxygens (including phenoxy) is 4. The Bertz CT molecular complexity index is 944. The number of nitrogens with one attached hydrogen (secondary N) is 2. The van der Waals surface area contributed by atoms with Crippen molar-refractivity contribution in [2.75, 3.05) is 34.0 Å². The molecule has 0 aromatic heterocycles. The summed E-state index contributed by atoms with van der Waals surface area (Å²) in [5.74, 6) is 0.889. The first kappa shape index (κ1) is 21.0. The lowest BCUT2D eigenvalue weighted by Gasteiger charge is -2.18. The highest BCUT2D eigenvalue weighted by Gasteiger charge is 2.13. The van der Waals surface area contributed by atoms with E-state index >= 15 is 0 Å². The molecule has 1 aliphatic rings. The van der Waals surface area contributed by atoms with Gasteiger partial charge >= 0.3 is 11.8 Å². The molecule has 1 heterocycles. The summed E-state index contributed by atoms with van der Waals surface area (Å²) in [5.41, 5.74) is 3.84. The number of rotatable bonds is 7. The van der Waals surface area contributed by atoms with Gasteiger partial charge in [0, 0.05) is 6.54 Å². The number of amides is 2. The second-order valence-corrected chi connectivity index (χ2v) is 6.30. The van der Waals surface area contributed by atoms with Gasteiger partial charge in [0.05, 0.1) is 20.4 Å². The van der Waals surface area contributed by atoms with Gasteiger partial charge in [-0.15, -0.1) is 0 Å². The largest absolute Gasteiger partial charge is 0.493 e. The monoisotopic (exact) mass is 413 g/mol. The van der Waals surface area contributed by atoms with E-state index in [2.05, 4.69) is 15.8 Å². The normalized spacial score (nSPS) is 12.3. The van der Waals surface area contributed by atoms with Crippen LogP contribution in [0.5, 0.6) is 23.0 Å². The molecule has 2 aromatic rings. The smallest absolute Gasteiger partial charge is 0.329 e. The van der Waals surface area contributed by atoms with Gasteiger partial charge in [0.2, 0.25) is 0 Å². The zero-order chi connectivity index (χ0) is 21.3. The van der Waals surface area contributed by atoms with E-state index in [9.17, 15) is 9.59 Å². The third-order valence-corrected chi connectivity index (χ3v) is 4.30. The summed E-state index contributed by atoms with van der Waals surface area (Å²) in [7, 11) is 3.12. The Morgan fingerprint density at radius 1 is 1.00 bits per heavy atom. The SMILES string of the molecule is COc1ccc(CCNC(=O)C(=O)N/N=C\c2ccc3c(c2)OCCO3)cc1OC. The van der Waals surface area contributed by atoms with Crippen LogP contribution in [0.25, 0.3) is 0 Å². The molecule has 0 saturated heterocycles. The number of methoxy groups -OCH3 is 2. The van der Waals surface area contributed by atoms with E-state index in [-0.39, 0.29) is 6.54 Å². The lowest BCUT2D eigenvalue weighted by Crippen LogP contribution is -2.38. The van der Waals surface area contributed by atoms with E-state index in [1.54, 1.807) is 38.5 Å². The molecule has 0 aliphatic carbocycles. The third-order valence-electron chi connectivity index (χ3n) is 4.30. The third kappa shape index (κ3) is 5.40. The molecule has 2 aromatic carbocycles. The summed E-state index contributed by atoms with van der Waals surface area (Å²) < 4.78 is 21.4.